The van der Waals surface area contributed by atoms with Crippen LogP contribution in [0.15, 0.2) is 6.33 Å². The van der Waals surface area contributed by atoms with Gasteiger partial charge in [-0.05, 0) is 26.2 Å². The van der Waals surface area contributed by atoms with E-state index >= 15 is 0 Å². The molecule has 1 heterocycles. The van der Waals surface area contributed by atoms with Crippen LogP contribution >= 0.6 is 0 Å². The molecule has 0 saturated heterocycles. The molecular formula is C13H24N4. The Morgan fingerprint density at radius 2 is 2.12 bits per heavy atom. The molecule has 4 nitrogen and oxygen atoms in total. The van der Waals surface area contributed by atoms with Gasteiger partial charge in [0, 0.05) is 18.5 Å². The maximum Gasteiger partial charge on any atom is 0.138 e. The summed E-state index contributed by atoms with van der Waals surface area (Å²) in [4.78, 5) is 4.32. The van der Waals surface area contributed by atoms with Crippen LogP contribution in [0.1, 0.15) is 57.8 Å². The summed E-state index contributed by atoms with van der Waals surface area (Å²) in [5.74, 6) is 1.88. The van der Waals surface area contributed by atoms with Gasteiger partial charge in [0.15, 0.2) is 0 Å². The second-order valence-electron chi connectivity index (χ2n) is 5.56. The quantitative estimate of drug-likeness (QED) is 0.853. The first-order valence-corrected chi connectivity index (χ1v) is 6.80. The highest BCUT2D eigenvalue weighted by atomic mass is 15.3. The van der Waals surface area contributed by atoms with Crippen LogP contribution in [0.3, 0.4) is 0 Å². The minimum Gasteiger partial charge on any atom is -0.327 e. The lowest BCUT2D eigenvalue weighted by molar-refractivity contribution is 0.422. The zero-order chi connectivity index (χ0) is 12.3. The standard InChI is InChI=1S/C13H24N4/c1-10(2)17-13(15-9-16-17)8-12(14)7-11-5-3-4-6-11/h9-12H,3-8,14H2,1-2H3. The molecule has 0 radical (unpaired) electrons. The van der Waals surface area contributed by atoms with Gasteiger partial charge in [-0.15, -0.1) is 0 Å². The summed E-state index contributed by atoms with van der Waals surface area (Å²) in [7, 11) is 0. The predicted octanol–water partition coefficient (Wildman–Crippen LogP) is 2.31. The summed E-state index contributed by atoms with van der Waals surface area (Å²) in [6.07, 6.45) is 9.14. The van der Waals surface area contributed by atoms with Crippen molar-refractivity contribution in [2.45, 2.75) is 64.5 Å². The Bertz CT molecular complexity index is 339. The van der Waals surface area contributed by atoms with Gasteiger partial charge in [0.2, 0.25) is 0 Å². The number of nitrogens with zero attached hydrogens (tertiary/aromatic N) is 3. The Kier molecular flexibility index (Phi) is 4.15. The fourth-order valence-corrected chi connectivity index (χ4v) is 2.84. The van der Waals surface area contributed by atoms with Crippen molar-refractivity contribution in [3.63, 3.8) is 0 Å². The Morgan fingerprint density at radius 3 is 2.76 bits per heavy atom. The van der Waals surface area contributed by atoms with Crippen molar-refractivity contribution in [3.05, 3.63) is 12.2 Å². The van der Waals surface area contributed by atoms with Gasteiger partial charge in [0.1, 0.15) is 12.2 Å². The summed E-state index contributed by atoms with van der Waals surface area (Å²) in [6.45, 7) is 4.25. The molecule has 0 aromatic carbocycles. The third-order valence-corrected chi connectivity index (χ3v) is 3.69. The monoisotopic (exact) mass is 236 g/mol. The lowest BCUT2D eigenvalue weighted by Gasteiger charge is -2.17. The summed E-state index contributed by atoms with van der Waals surface area (Å²) in [6, 6.07) is 0.603. The smallest absolute Gasteiger partial charge is 0.138 e. The van der Waals surface area contributed by atoms with Crippen molar-refractivity contribution in [2.24, 2.45) is 11.7 Å². The van der Waals surface area contributed by atoms with Crippen LogP contribution in [0.4, 0.5) is 0 Å². The highest BCUT2D eigenvalue weighted by Crippen LogP contribution is 2.28. The van der Waals surface area contributed by atoms with Gasteiger partial charge in [-0.2, -0.15) is 5.10 Å². The van der Waals surface area contributed by atoms with Crippen LogP contribution in [0.25, 0.3) is 0 Å². The predicted molar refractivity (Wildman–Crippen MR) is 68.7 cm³/mol. The zero-order valence-corrected chi connectivity index (χ0v) is 11.0. The van der Waals surface area contributed by atoms with Gasteiger partial charge < -0.3 is 5.73 Å². The fourth-order valence-electron chi connectivity index (χ4n) is 2.84. The van der Waals surface area contributed by atoms with Crippen molar-refractivity contribution in [1.82, 2.24) is 14.8 Å². The Hall–Kier alpha value is -0.900. The molecule has 96 valence electrons. The van der Waals surface area contributed by atoms with Crippen molar-refractivity contribution in [1.29, 1.82) is 0 Å². The molecule has 1 saturated carbocycles. The largest absolute Gasteiger partial charge is 0.327 e. The molecular weight excluding hydrogens is 212 g/mol. The van der Waals surface area contributed by atoms with Crippen LogP contribution in [-0.2, 0) is 6.42 Å². The maximum atomic E-state index is 6.23. The molecule has 0 bridgehead atoms. The summed E-state index contributed by atoms with van der Waals surface area (Å²) >= 11 is 0. The summed E-state index contributed by atoms with van der Waals surface area (Å²) in [5, 5.41) is 4.25. The van der Waals surface area contributed by atoms with Crippen LogP contribution < -0.4 is 5.73 Å². The first-order valence-electron chi connectivity index (χ1n) is 6.80. The normalized spacial score (nSPS) is 19.1. The topological polar surface area (TPSA) is 56.7 Å². The number of aromatic nitrogens is 3. The molecule has 1 aromatic heterocycles. The van der Waals surface area contributed by atoms with E-state index in [4.69, 9.17) is 5.73 Å². The third-order valence-electron chi connectivity index (χ3n) is 3.69. The molecule has 17 heavy (non-hydrogen) atoms. The van der Waals surface area contributed by atoms with Crippen LogP contribution in [0, 0.1) is 5.92 Å². The van der Waals surface area contributed by atoms with Gasteiger partial charge in [0.05, 0.1) is 0 Å². The van der Waals surface area contributed by atoms with E-state index in [-0.39, 0.29) is 6.04 Å². The number of rotatable bonds is 5. The summed E-state index contributed by atoms with van der Waals surface area (Å²) in [5.41, 5.74) is 6.23. The third kappa shape index (κ3) is 3.28. The molecule has 2 rings (SSSR count). The molecule has 2 N–H and O–H groups in total. The number of nitrogens with two attached hydrogens (primary N) is 1. The Morgan fingerprint density at radius 1 is 1.41 bits per heavy atom. The molecule has 0 spiro atoms. The maximum absolute atomic E-state index is 6.23. The molecule has 1 atom stereocenters. The van der Waals surface area contributed by atoms with Crippen molar-refractivity contribution >= 4 is 0 Å². The van der Waals surface area contributed by atoms with Crippen LogP contribution in [-0.4, -0.2) is 20.8 Å². The fraction of sp³-hybridized carbons (Fsp3) is 0.846. The van der Waals surface area contributed by atoms with Gasteiger partial charge >= 0.3 is 0 Å². The Labute approximate surface area is 104 Å². The highest BCUT2D eigenvalue weighted by Gasteiger charge is 2.19. The minimum atomic E-state index is 0.236. The van der Waals surface area contributed by atoms with E-state index in [1.165, 1.54) is 25.7 Å². The molecule has 1 fully saturated rings. The molecule has 4 heteroatoms. The SMILES string of the molecule is CC(C)n1ncnc1CC(N)CC1CCCC1. The highest BCUT2D eigenvalue weighted by molar-refractivity contribution is 4.91. The lowest BCUT2D eigenvalue weighted by Crippen LogP contribution is -2.27. The molecule has 1 unspecified atom stereocenters. The average molecular weight is 236 g/mol. The minimum absolute atomic E-state index is 0.236. The Balaban J connectivity index is 1.88. The van der Waals surface area contributed by atoms with Crippen molar-refractivity contribution in [3.8, 4) is 0 Å². The van der Waals surface area contributed by atoms with Crippen LogP contribution in [0.5, 0.6) is 0 Å². The van der Waals surface area contributed by atoms with E-state index in [1.807, 2.05) is 4.68 Å². The average Bonchev–Trinajstić information content (AvgIpc) is 2.88. The van der Waals surface area contributed by atoms with Gasteiger partial charge in [-0.3, -0.25) is 0 Å². The summed E-state index contributed by atoms with van der Waals surface area (Å²) < 4.78 is 1.98. The number of hydrogen-bond donors (Lipinski definition) is 1. The van der Waals surface area contributed by atoms with Crippen molar-refractivity contribution < 1.29 is 0 Å². The first kappa shape index (κ1) is 12.6. The van der Waals surface area contributed by atoms with E-state index < -0.39 is 0 Å². The van der Waals surface area contributed by atoms with E-state index in [1.54, 1.807) is 6.33 Å². The number of hydrogen-bond acceptors (Lipinski definition) is 3. The van der Waals surface area contributed by atoms with Gasteiger partial charge in [-0.25, -0.2) is 9.67 Å². The van der Waals surface area contributed by atoms with E-state index in [0.29, 0.717) is 6.04 Å². The molecule has 0 aliphatic heterocycles. The van der Waals surface area contributed by atoms with E-state index in [9.17, 15) is 0 Å². The van der Waals surface area contributed by atoms with E-state index in [2.05, 4.69) is 23.9 Å². The van der Waals surface area contributed by atoms with Gasteiger partial charge in [-0.1, -0.05) is 25.7 Å². The van der Waals surface area contributed by atoms with E-state index in [0.717, 1.165) is 24.6 Å². The second kappa shape index (κ2) is 5.63. The molecule has 0 amide bonds. The molecule has 1 aliphatic rings. The van der Waals surface area contributed by atoms with Gasteiger partial charge in [0.25, 0.3) is 0 Å². The molecule has 1 aliphatic carbocycles. The van der Waals surface area contributed by atoms with Crippen LogP contribution in [0.2, 0.25) is 0 Å². The first-order chi connectivity index (χ1) is 8.16. The lowest BCUT2D eigenvalue weighted by atomic mass is 9.97. The second-order valence-corrected chi connectivity index (χ2v) is 5.56. The van der Waals surface area contributed by atoms with Crippen molar-refractivity contribution in [2.75, 3.05) is 0 Å². The zero-order valence-electron chi connectivity index (χ0n) is 11.0. The molecule has 1 aromatic rings.